The van der Waals surface area contributed by atoms with Crippen LogP contribution in [-0.4, -0.2) is 12.7 Å². The Kier molecular flexibility index (Phi) is 4.56. The van der Waals surface area contributed by atoms with Crippen molar-refractivity contribution >= 4 is 11.6 Å². The van der Waals surface area contributed by atoms with E-state index >= 15 is 0 Å². The summed E-state index contributed by atoms with van der Waals surface area (Å²) in [5.41, 5.74) is 3.99. The van der Waals surface area contributed by atoms with E-state index in [1.807, 2.05) is 72.8 Å². The van der Waals surface area contributed by atoms with E-state index in [1.54, 1.807) is 0 Å². The molecule has 0 radical (unpaired) electrons. The normalized spacial score (nSPS) is 12.0. The molecule has 3 aromatic carbocycles. The Hall–Kier alpha value is -3.27. The fraction of sp³-hybridized carbons (Fsp3) is 0.136. The van der Waals surface area contributed by atoms with Gasteiger partial charge in [-0.05, 0) is 35.7 Å². The number of ether oxygens (including phenoxy) is 2. The molecule has 4 nitrogen and oxygen atoms in total. The lowest BCUT2D eigenvalue weighted by Crippen LogP contribution is -2.13. The molecule has 1 N–H and O–H groups in total. The highest BCUT2D eigenvalue weighted by atomic mass is 16.7. The van der Waals surface area contributed by atoms with E-state index in [9.17, 15) is 4.79 Å². The SMILES string of the molecule is O=C(CCc1ccc2c(c1)OCO2)Nc1ccccc1-c1ccccc1. The second kappa shape index (κ2) is 7.31. The van der Waals surface area contributed by atoms with Gasteiger partial charge in [0, 0.05) is 17.7 Å². The van der Waals surface area contributed by atoms with Crippen LogP contribution in [-0.2, 0) is 11.2 Å². The van der Waals surface area contributed by atoms with E-state index in [2.05, 4.69) is 5.32 Å². The molecule has 0 bridgehead atoms. The molecule has 1 heterocycles. The predicted octanol–water partition coefficient (Wildman–Crippen LogP) is 4.65. The van der Waals surface area contributed by atoms with Gasteiger partial charge in [-0.25, -0.2) is 0 Å². The summed E-state index contributed by atoms with van der Waals surface area (Å²) >= 11 is 0. The van der Waals surface area contributed by atoms with Crippen molar-refractivity contribution in [2.45, 2.75) is 12.8 Å². The number of para-hydroxylation sites is 1. The molecule has 4 heteroatoms. The lowest BCUT2D eigenvalue weighted by Gasteiger charge is -2.11. The number of nitrogens with one attached hydrogen (secondary N) is 1. The zero-order valence-corrected chi connectivity index (χ0v) is 14.3. The van der Waals surface area contributed by atoms with Crippen LogP contribution < -0.4 is 14.8 Å². The number of fused-ring (bicyclic) bond motifs is 1. The number of hydrogen-bond donors (Lipinski definition) is 1. The summed E-state index contributed by atoms with van der Waals surface area (Å²) in [7, 11) is 0. The quantitative estimate of drug-likeness (QED) is 0.732. The second-order valence-electron chi connectivity index (χ2n) is 6.15. The topological polar surface area (TPSA) is 47.6 Å². The van der Waals surface area contributed by atoms with Crippen LogP contribution in [0.1, 0.15) is 12.0 Å². The van der Waals surface area contributed by atoms with Gasteiger partial charge in [-0.3, -0.25) is 4.79 Å². The Morgan fingerprint density at radius 1 is 0.885 bits per heavy atom. The van der Waals surface area contributed by atoms with E-state index < -0.39 is 0 Å². The lowest BCUT2D eigenvalue weighted by atomic mass is 10.0. The zero-order chi connectivity index (χ0) is 17.8. The van der Waals surface area contributed by atoms with Crippen molar-refractivity contribution in [3.05, 3.63) is 78.4 Å². The molecule has 1 aliphatic rings. The molecule has 130 valence electrons. The average Bonchev–Trinajstić information content (AvgIpc) is 3.15. The van der Waals surface area contributed by atoms with Crippen LogP contribution >= 0.6 is 0 Å². The zero-order valence-electron chi connectivity index (χ0n) is 14.3. The minimum absolute atomic E-state index is 0.00829. The van der Waals surface area contributed by atoms with Crippen molar-refractivity contribution in [3.8, 4) is 22.6 Å². The fourth-order valence-electron chi connectivity index (χ4n) is 3.03. The van der Waals surface area contributed by atoms with Crippen molar-refractivity contribution in [1.82, 2.24) is 0 Å². The number of anilines is 1. The van der Waals surface area contributed by atoms with E-state index in [0.29, 0.717) is 12.8 Å². The Balaban J connectivity index is 1.43. The monoisotopic (exact) mass is 345 g/mol. The lowest BCUT2D eigenvalue weighted by molar-refractivity contribution is -0.116. The van der Waals surface area contributed by atoms with Crippen LogP contribution in [0.5, 0.6) is 11.5 Å². The molecule has 0 unspecified atom stereocenters. The Bertz CT molecular complexity index is 922. The third kappa shape index (κ3) is 3.54. The van der Waals surface area contributed by atoms with Gasteiger partial charge in [-0.2, -0.15) is 0 Å². The van der Waals surface area contributed by atoms with E-state index in [-0.39, 0.29) is 12.7 Å². The largest absolute Gasteiger partial charge is 0.454 e. The summed E-state index contributed by atoms with van der Waals surface area (Å²) in [5, 5.41) is 3.04. The van der Waals surface area contributed by atoms with Gasteiger partial charge in [-0.15, -0.1) is 0 Å². The Morgan fingerprint density at radius 3 is 2.54 bits per heavy atom. The van der Waals surface area contributed by atoms with Gasteiger partial charge in [0.25, 0.3) is 0 Å². The second-order valence-corrected chi connectivity index (χ2v) is 6.15. The van der Waals surface area contributed by atoms with Crippen molar-refractivity contribution in [2.24, 2.45) is 0 Å². The maximum Gasteiger partial charge on any atom is 0.231 e. The molecule has 0 aliphatic carbocycles. The van der Waals surface area contributed by atoms with Crippen LogP contribution in [0.15, 0.2) is 72.8 Å². The molecule has 0 saturated carbocycles. The number of aryl methyl sites for hydroxylation is 1. The first-order valence-electron chi connectivity index (χ1n) is 8.62. The Morgan fingerprint density at radius 2 is 1.65 bits per heavy atom. The highest BCUT2D eigenvalue weighted by Gasteiger charge is 2.14. The summed E-state index contributed by atoms with van der Waals surface area (Å²) in [6.07, 6.45) is 1.05. The van der Waals surface area contributed by atoms with Crippen LogP contribution in [0.4, 0.5) is 5.69 Å². The average molecular weight is 345 g/mol. The number of amides is 1. The van der Waals surface area contributed by atoms with Crippen LogP contribution in [0.3, 0.4) is 0 Å². The third-order valence-corrected chi connectivity index (χ3v) is 4.36. The van der Waals surface area contributed by atoms with Crippen LogP contribution in [0, 0.1) is 0 Å². The number of carbonyl (C=O) groups is 1. The summed E-state index contributed by atoms with van der Waals surface area (Å²) in [5.74, 6) is 1.50. The van der Waals surface area contributed by atoms with Crippen molar-refractivity contribution < 1.29 is 14.3 Å². The number of benzene rings is 3. The van der Waals surface area contributed by atoms with E-state index in [0.717, 1.165) is 33.9 Å². The van der Waals surface area contributed by atoms with E-state index in [4.69, 9.17) is 9.47 Å². The van der Waals surface area contributed by atoms with Gasteiger partial charge in [0.1, 0.15) is 0 Å². The molecule has 0 aromatic heterocycles. The molecule has 1 amide bonds. The standard InChI is InChI=1S/C22H19NO3/c24-22(13-11-16-10-12-20-21(14-16)26-15-25-20)23-19-9-5-4-8-18(19)17-6-2-1-3-7-17/h1-10,12,14H,11,13,15H2,(H,23,24). The van der Waals surface area contributed by atoms with Gasteiger partial charge in [0.05, 0.1) is 0 Å². The highest BCUT2D eigenvalue weighted by molar-refractivity contribution is 5.95. The molecule has 0 fully saturated rings. The molecular formula is C22H19NO3. The first-order valence-corrected chi connectivity index (χ1v) is 8.62. The predicted molar refractivity (Wildman–Crippen MR) is 101 cm³/mol. The van der Waals surface area contributed by atoms with Crippen molar-refractivity contribution in [2.75, 3.05) is 12.1 Å². The first-order chi connectivity index (χ1) is 12.8. The summed E-state index contributed by atoms with van der Waals surface area (Å²) < 4.78 is 10.7. The summed E-state index contributed by atoms with van der Waals surface area (Å²) in [6, 6.07) is 23.7. The number of rotatable bonds is 5. The summed E-state index contributed by atoms with van der Waals surface area (Å²) in [4.78, 5) is 12.4. The third-order valence-electron chi connectivity index (χ3n) is 4.36. The molecule has 1 aliphatic heterocycles. The minimum Gasteiger partial charge on any atom is -0.454 e. The summed E-state index contributed by atoms with van der Waals surface area (Å²) in [6.45, 7) is 0.259. The maximum absolute atomic E-state index is 12.4. The van der Waals surface area contributed by atoms with Gasteiger partial charge >= 0.3 is 0 Å². The smallest absolute Gasteiger partial charge is 0.231 e. The molecule has 0 saturated heterocycles. The van der Waals surface area contributed by atoms with Crippen LogP contribution in [0.25, 0.3) is 11.1 Å². The number of carbonyl (C=O) groups excluding carboxylic acids is 1. The molecule has 0 atom stereocenters. The Labute approximate surface area is 152 Å². The molecule has 3 aromatic rings. The first kappa shape index (κ1) is 16.2. The van der Waals surface area contributed by atoms with Gasteiger partial charge in [0.15, 0.2) is 11.5 Å². The molecule has 0 spiro atoms. The number of hydrogen-bond acceptors (Lipinski definition) is 3. The van der Waals surface area contributed by atoms with Gasteiger partial charge < -0.3 is 14.8 Å². The molecule has 26 heavy (non-hydrogen) atoms. The van der Waals surface area contributed by atoms with Gasteiger partial charge in [0.2, 0.25) is 12.7 Å². The fourth-order valence-corrected chi connectivity index (χ4v) is 3.03. The van der Waals surface area contributed by atoms with Crippen LogP contribution in [0.2, 0.25) is 0 Å². The molecular weight excluding hydrogens is 326 g/mol. The maximum atomic E-state index is 12.4. The van der Waals surface area contributed by atoms with Crippen molar-refractivity contribution in [1.29, 1.82) is 0 Å². The van der Waals surface area contributed by atoms with E-state index in [1.165, 1.54) is 0 Å². The molecule has 4 rings (SSSR count). The van der Waals surface area contributed by atoms with Crippen molar-refractivity contribution in [3.63, 3.8) is 0 Å². The minimum atomic E-state index is -0.00829. The van der Waals surface area contributed by atoms with Gasteiger partial charge in [-0.1, -0.05) is 54.6 Å². The highest BCUT2D eigenvalue weighted by Crippen LogP contribution is 2.33.